The molecule has 3 heteroatoms. The van der Waals surface area contributed by atoms with Crippen molar-refractivity contribution in [3.63, 3.8) is 0 Å². The predicted molar refractivity (Wildman–Crippen MR) is 140 cm³/mol. The number of halogens is 1. The summed E-state index contributed by atoms with van der Waals surface area (Å²) in [7, 11) is 0. The normalized spacial score (nSPS) is 15.7. The van der Waals surface area contributed by atoms with Crippen LogP contribution < -0.4 is 4.74 Å². The third-order valence-electron chi connectivity index (χ3n) is 7.00. The van der Waals surface area contributed by atoms with Crippen molar-refractivity contribution in [2.45, 2.75) is 87.9 Å². The van der Waals surface area contributed by atoms with E-state index in [0.717, 1.165) is 30.8 Å². The molecule has 1 fully saturated rings. The number of hydrogen-bond acceptors (Lipinski definition) is 2. The maximum absolute atomic E-state index is 6.11. The Kier molecular flexibility index (Phi) is 9.03. The van der Waals surface area contributed by atoms with Gasteiger partial charge in [-0.15, -0.1) is 6.42 Å². The van der Waals surface area contributed by atoms with Crippen molar-refractivity contribution in [3.8, 4) is 18.1 Å². The fourth-order valence-corrected chi connectivity index (χ4v) is 4.87. The van der Waals surface area contributed by atoms with Crippen LogP contribution in [0.3, 0.4) is 0 Å². The average molecular weight is 533 g/mol. The Morgan fingerprint density at radius 3 is 1.65 bits per heavy atom. The van der Waals surface area contributed by atoms with Crippen LogP contribution in [0.5, 0.6) is 5.75 Å². The van der Waals surface area contributed by atoms with Crippen molar-refractivity contribution in [3.05, 3.63) is 59.2 Å². The molecule has 0 saturated carbocycles. The molecule has 0 N–H and O–H groups in total. The number of ether oxygens (including phenoxy) is 2. The summed E-state index contributed by atoms with van der Waals surface area (Å²) in [6, 6.07) is 0. The van der Waals surface area contributed by atoms with Gasteiger partial charge in [0.05, 0.1) is 6.61 Å². The zero-order valence-corrected chi connectivity index (χ0v) is 22.8. The van der Waals surface area contributed by atoms with Gasteiger partial charge in [-0.3, -0.25) is 0 Å². The minimum absolute atomic E-state index is 0.0602. The number of benzene rings is 2. The lowest BCUT2D eigenvalue weighted by molar-refractivity contribution is -0.106. The molecule has 0 aromatic heterocycles. The van der Waals surface area contributed by atoms with Gasteiger partial charge in [0.2, 0.25) is 0 Å². The molecule has 1 saturated heterocycles. The molecule has 0 radical (unpaired) electrons. The zero-order chi connectivity index (χ0) is 23.5. The SMILES string of the molecule is C#Cc1c(C)c(C)c(C)c(C)c1C.Cc1c(C)c(OC2CCCCO2)c(C)c(C)c1I. The highest BCUT2D eigenvalue weighted by atomic mass is 127. The van der Waals surface area contributed by atoms with Gasteiger partial charge >= 0.3 is 0 Å². The smallest absolute Gasteiger partial charge is 0.199 e. The van der Waals surface area contributed by atoms with Gasteiger partial charge in [-0.25, -0.2) is 0 Å². The van der Waals surface area contributed by atoms with Crippen LogP contribution in [0.15, 0.2) is 0 Å². The van der Waals surface area contributed by atoms with E-state index in [1.54, 1.807) is 0 Å². The Bertz CT molecular complexity index is 947. The molecule has 1 aliphatic heterocycles. The second-order valence-corrected chi connectivity index (χ2v) is 9.78. The molecule has 2 nitrogen and oxygen atoms in total. The Morgan fingerprint density at radius 1 is 0.742 bits per heavy atom. The average Bonchev–Trinajstić information content (AvgIpc) is 2.78. The molecule has 0 amide bonds. The first-order chi connectivity index (χ1) is 14.5. The summed E-state index contributed by atoms with van der Waals surface area (Å²) in [5.41, 5.74) is 12.7. The van der Waals surface area contributed by atoms with E-state index in [9.17, 15) is 0 Å². The topological polar surface area (TPSA) is 18.5 Å². The van der Waals surface area contributed by atoms with Crippen LogP contribution in [0.4, 0.5) is 0 Å². The van der Waals surface area contributed by atoms with Crippen molar-refractivity contribution in [2.24, 2.45) is 0 Å². The van der Waals surface area contributed by atoms with Crippen LogP contribution >= 0.6 is 22.6 Å². The summed E-state index contributed by atoms with van der Waals surface area (Å²) >= 11 is 2.42. The Hall–Kier alpha value is -1.51. The summed E-state index contributed by atoms with van der Waals surface area (Å²) in [5, 5.41) is 0. The molecule has 3 rings (SSSR count). The minimum atomic E-state index is -0.0602. The van der Waals surface area contributed by atoms with E-state index >= 15 is 0 Å². The molecule has 0 spiro atoms. The summed E-state index contributed by atoms with van der Waals surface area (Å²) in [6.07, 6.45) is 8.79. The van der Waals surface area contributed by atoms with Gasteiger partial charge in [-0.1, -0.05) is 5.92 Å². The molecular formula is C28H37IO2. The fourth-order valence-electron chi connectivity index (χ4n) is 4.06. The lowest BCUT2D eigenvalue weighted by Gasteiger charge is -2.26. The molecule has 0 bridgehead atoms. The maximum atomic E-state index is 6.11. The third kappa shape index (κ3) is 5.46. The van der Waals surface area contributed by atoms with Gasteiger partial charge in [0.1, 0.15) is 5.75 Å². The van der Waals surface area contributed by atoms with Gasteiger partial charge in [-0.05, 0) is 148 Å². The minimum Gasteiger partial charge on any atom is -0.464 e. The van der Waals surface area contributed by atoms with Crippen molar-refractivity contribution in [1.82, 2.24) is 0 Å². The quantitative estimate of drug-likeness (QED) is 0.292. The van der Waals surface area contributed by atoms with E-state index in [4.69, 9.17) is 15.9 Å². The maximum Gasteiger partial charge on any atom is 0.199 e. The van der Waals surface area contributed by atoms with E-state index in [0.29, 0.717) is 0 Å². The first kappa shape index (κ1) is 25.7. The second kappa shape index (κ2) is 10.9. The molecule has 1 aliphatic rings. The molecular weight excluding hydrogens is 495 g/mol. The first-order valence-electron chi connectivity index (χ1n) is 11.1. The summed E-state index contributed by atoms with van der Waals surface area (Å²) in [4.78, 5) is 0. The molecule has 2 aromatic carbocycles. The van der Waals surface area contributed by atoms with Crippen LogP contribution in [0, 0.1) is 78.2 Å². The van der Waals surface area contributed by atoms with Gasteiger partial charge in [0.25, 0.3) is 0 Å². The van der Waals surface area contributed by atoms with Crippen LogP contribution in [-0.2, 0) is 4.74 Å². The van der Waals surface area contributed by atoms with Crippen LogP contribution in [0.25, 0.3) is 0 Å². The number of terminal acetylenes is 1. The highest BCUT2D eigenvalue weighted by molar-refractivity contribution is 14.1. The summed E-state index contributed by atoms with van der Waals surface area (Å²) < 4.78 is 13.1. The Balaban J connectivity index is 0.000000233. The van der Waals surface area contributed by atoms with Gasteiger partial charge in [0.15, 0.2) is 6.29 Å². The molecule has 1 unspecified atom stereocenters. The molecule has 1 heterocycles. The van der Waals surface area contributed by atoms with E-state index in [1.165, 1.54) is 60.1 Å². The van der Waals surface area contributed by atoms with E-state index in [1.807, 2.05) is 0 Å². The molecule has 31 heavy (non-hydrogen) atoms. The highest BCUT2D eigenvalue weighted by Gasteiger charge is 2.20. The molecule has 168 valence electrons. The number of rotatable bonds is 2. The standard InChI is InChI=1S/C15H21IO2.C13H16/c1-9-11(3)15(12(4)10(2)14(9)16)18-13-7-5-6-8-17-13;1-7-13-11(5)9(3)8(2)10(4)12(13)6/h13H,5-8H2,1-4H3;1H,2-6H3. The monoisotopic (exact) mass is 532 g/mol. The molecule has 0 aliphatic carbocycles. The lowest BCUT2D eigenvalue weighted by Crippen LogP contribution is -2.26. The number of hydrogen-bond donors (Lipinski definition) is 0. The van der Waals surface area contributed by atoms with E-state index < -0.39 is 0 Å². The summed E-state index contributed by atoms with van der Waals surface area (Å²) in [5.74, 6) is 3.80. The van der Waals surface area contributed by atoms with Crippen molar-refractivity contribution < 1.29 is 9.47 Å². The third-order valence-corrected chi connectivity index (χ3v) is 8.61. The fraction of sp³-hybridized carbons (Fsp3) is 0.500. The van der Waals surface area contributed by atoms with Crippen molar-refractivity contribution in [1.29, 1.82) is 0 Å². The van der Waals surface area contributed by atoms with E-state index in [2.05, 4.69) is 90.8 Å². The largest absolute Gasteiger partial charge is 0.464 e. The lowest BCUT2D eigenvalue weighted by atomic mass is 9.90. The van der Waals surface area contributed by atoms with Crippen LogP contribution in [0.1, 0.15) is 74.9 Å². The predicted octanol–water partition coefficient (Wildman–Crippen LogP) is 7.64. The molecule has 1 atom stereocenters. The van der Waals surface area contributed by atoms with E-state index in [-0.39, 0.29) is 6.29 Å². The van der Waals surface area contributed by atoms with Gasteiger partial charge in [0, 0.05) is 15.6 Å². The second-order valence-electron chi connectivity index (χ2n) is 8.70. The zero-order valence-electron chi connectivity index (χ0n) is 20.7. The first-order valence-corrected chi connectivity index (χ1v) is 12.2. The summed E-state index contributed by atoms with van der Waals surface area (Å²) in [6.45, 7) is 20.1. The van der Waals surface area contributed by atoms with Crippen LogP contribution in [0.2, 0.25) is 0 Å². The highest BCUT2D eigenvalue weighted by Crippen LogP contribution is 2.34. The van der Waals surface area contributed by atoms with Gasteiger partial charge < -0.3 is 9.47 Å². The van der Waals surface area contributed by atoms with Crippen molar-refractivity contribution in [2.75, 3.05) is 6.61 Å². The van der Waals surface area contributed by atoms with Crippen LogP contribution in [-0.4, -0.2) is 12.9 Å². The molecule has 2 aromatic rings. The van der Waals surface area contributed by atoms with Crippen molar-refractivity contribution >= 4 is 22.6 Å². The van der Waals surface area contributed by atoms with Gasteiger partial charge in [-0.2, -0.15) is 0 Å². The Labute approximate surface area is 203 Å². The Morgan fingerprint density at radius 2 is 1.23 bits per heavy atom.